The minimum atomic E-state index is -0.665. The van der Waals surface area contributed by atoms with Crippen LogP contribution in [0.15, 0.2) is 0 Å². The lowest BCUT2D eigenvalue weighted by Crippen LogP contribution is -2.13. The smallest absolute Gasteiger partial charge is 0.303 e. The highest BCUT2D eigenvalue weighted by atomic mass is 16.5. The summed E-state index contributed by atoms with van der Waals surface area (Å²) in [4.78, 5) is 20.7. The Balaban J connectivity index is 0. The van der Waals surface area contributed by atoms with Crippen molar-refractivity contribution < 1.29 is 19.4 Å². The molecule has 0 spiro atoms. The fourth-order valence-corrected chi connectivity index (χ4v) is 2.91. The molecule has 0 aliphatic rings. The highest BCUT2D eigenvalue weighted by molar-refractivity contribution is 5.66. The van der Waals surface area contributed by atoms with Crippen LogP contribution in [0.4, 0.5) is 0 Å². The summed E-state index contributed by atoms with van der Waals surface area (Å²) in [6.45, 7) is 15.4. The van der Waals surface area contributed by atoms with Crippen LogP contribution in [0.2, 0.25) is 0 Å². The molecule has 0 aromatic heterocycles. The Morgan fingerprint density at radius 3 is 1.92 bits per heavy atom. The van der Waals surface area contributed by atoms with Crippen molar-refractivity contribution in [1.82, 2.24) is 0 Å². The average Bonchev–Trinajstić information content (AvgIpc) is 2.44. The summed E-state index contributed by atoms with van der Waals surface area (Å²) in [6, 6.07) is 0. The van der Waals surface area contributed by atoms with Gasteiger partial charge in [-0.25, -0.2) is 0 Å². The molecule has 0 saturated heterocycles. The van der Waals surface area contributed by atoms with Gasteiger partial charge in [-0.05, 0) is 36.5 Å². The first kappa shape index (κ1) is 27.2. The molecule has 0 bridgehead atoms. The van der Waals surface area contributed by atoms with Crippen molar-refractivity contribution in [3.63, 3.8) is 0 Å². The molecule has 26 heavy (non-hydrogen) atoms. The summed E-state index contributed by atoms with van der Waals surface area (Å²) in [5.74, 6) is 0.587. The fraction of sp³-hybridized carbons (Fsp3) is 0.909. The van der Waals surface area contributed by atoms with Crippen molar-refractivity contribution in [2.24, 2.45) is 17.3 Å². The molecule has 0 aliphatic carbocycles. The van der Waals surface area contributed by atoms with Gasteiger partial charge in [0.1, 0.15) is 0 Å². The van der Waals surface area contributed by atoms with Crippen molar-refractivity contribution in [1.29, 1.82) is 0 Å². The van der Waals surface area contributed by atoms with Gasteiger partial charge in [-0.2, -0.15) is 0 Å². The van der Waals surface area contributed by atoms with E-state index in [1.807, 2.05) is 0 Å². The van der Waals surface area contributed by atoms with Crippen molar-refractivity contribution in [3.05, 3.63) is 0 Å². The maximum Gasteiger partial charge on any atom is 0.303 e. The van der Waals surface area contributed by atoms with Crippen LogP contribution in [0.1, 0.15) is 106 Å². The van der Waals surface area contributed by atoms with Crippen LogP contribution in [0.5, 0.6) is 0 Å². The molecule has 1 unspecified atom stereocenters. The topological polar surface area (TPSA) is 63.6 Å². The Labute approximate surface area is 162 Å². The number of hydrogen-bond acceptors (Lipinski definition) is 3. The zero-order chi connectivity index (χ0) is 20.6. The minimum Gasteiger partial charge on any atom is -0.481 e. The summed E-state index contributed by atoms with van der Waals surface area (Å²) in [7, 11) is 0. The van der Waals surface area contributed by atoms with E-state index in [-0.39, 0.29) is 5.97 Å². The lowest BCUT2D eigenvalue weighted by Gasteiger charge is -2.22. The Bertz CT molecular complexity index is 356. The van der Waals surface area contributed by atoms with Crippen LogP contribution in [0.3, 0.4) is 0 Å². The maximum absolute atomic E-state index is 10.5. The van der Waals surface area contributed by atoms with Gasteiger partial charge in [-0.15, -0.1) is 0 Å². The molecule has 0 saturated carbocycles. The molecule has 0 aromatic carbocycles. The molecule has 0 aliphatic heterocycles. The van der Waals surface area contributed by atoms with Crippen LogP contribution in [-0.2, 0) is 14.3 Å². The van der Waals surface area contributed by atoms with Gasteiger partial charge < -0.3 is 9.84 Å². The van der Waals surface area contributed by atoms with E-state index in [2.05, 4.69) is 41.5 Å². The normalized spacial score (nSPS) is 12.3. The van der Waals surface area contributed by atoms with E-state index in [1.54, 1.807) is 0 Å². The highest BCUT2D eigenvalue weighted by Crippen LogP contribution is 2.25. The molecule has 0 aromatic rings. The molecule has 4 nitrogen and oxygen atoms in total. The van der Waals surface area contributed by atoms with Crippen molar-refractivity contribution in [3.8, 4) is 0 Å². The van der Waals surface area contributed by atoms with Gasteiger partial charge in [0.2, 0.25) is 0 Å². The number of esters is 1. The van der Waals surface area contributed by atoms with Crippen LogP contribution in [0.25, 0.3) is 0 Å². The van der Waals surface area contributed by atoms with Gasteiger partial charge in [-0.3, -0.25) is 9.59 Å². The number of ether oxygens (including phenoxy) is 1. The summed E-state index contributed by atoms with van der Waals surface area (Å²) < 4.78 is 4.89. The average molecular weight is 373 g/mol. The van der Waals surface area contributed by atoms with Gasteiger partial charge in [-0.1, -0.05) is 73.6 Å². The quantitative estimate of drug-likeness (QED) is 0.315. The molecule has 0 heterocycles. The van der Waals surface area contributed by atoms with Crippen LogP contribution in [-0.4, -0.2) is 23.7 Å². The largest absolute Gasteiger partial charge is 0.481 e. The Hall–Kier alpha value is -1.06. The SMILES string of the molecule is CC(=O)OCCC(C)CC(C)(C)C.CC(C)CCCCCCCC(=O)O. The van der Waals surface area contributed by atoms with E-state index in [1.165, 1.54) is 39.0 Å². The zero-order valence-electron chi connectivity index (χ0n) is 18.4. The van der Waals surface area contributed by atoms with E-state index >= 15 is 0 Å². The fourth-order valence-electron chi connectivity index (χ4n) is 2.91. The summed E-state index contributed by atoms with van der Waals surface area (Å²) in [5, 5.41) is 8.39. The standard InChI is InChI=1S/2C11H22O2/c1-9(8-11(3,4)5)6-7-13-10(2)12;1-10(2)8-6-4-3-5-7-9-11(12)13/h9H,6-8H2,1-5H3;10H,3-9H2,1-2H3,(H,12,13). The zero-order valence-corrected chi connectivity index (χ0v) is 18.4. The van der Waals surface area contributed by atoms with Crippen molar-refractivity contribution >= 4 is 11.9 Å². The Morgan fingerprint density at radius 2 is 1.46 bits per heavy atom. The summed E-state index contributed by atoms with van der Waals surface area (Å²) in [6.07, 6.45) is 9.46. The van der Waals surface area contributed by atoms with Gasteiger partial charge in [0.05, 0.1) is 6.61 Å². The lowest BCUT2D eigenvalue weighted by molar-refractivity contribution is -0.141. The van der Waals surface area contributed by atoms with Crippen LogP contribution < -0.4 is 0 Å². The Kier molecular flexibility index (Phi) is 16.9. The second-order valence-corrected chi connectivity index (χ2v) is 9.09. The third-order valence-electron chi connectivity index (χ3n) is 4.05. The molecular weight excluding hydrogens is 328 g/mol. The van der Waals surface area contributed by atoms with E-state index < -0.39 is 5.97 Å². The molecule has 1 N–H and O–H groups in total. The monoisotopic (exact) mass is 372 g/mol. The van der Waals surface area contributed by atoms with Gasteiger partial charge in [0.15, 0.2) is 0 Å². The first-order valence-corrected chi connectivity index (χ1v) is 10.3. The number of carboxylic acid groups (broad SMARTS) is 1. The number of hydrogen-bond donors (Lipinski definition) is 1. The molecular formula is C22H44O4. The summed E-state index contributed by atoms with van der Waals surface area (Å²) >= 11 is 0. The molecule has 1 atom stereocenters. The van der Waals surface area contributed by atoms with Gasteiger partial charge in [0.25, 0.3) is 0 Å². The van der Waals surface area contributed by atoms with E-state index in [9.17, 15) is 9.59 Å². The number of carbonyl (C=O) groups excluding carboxylic acids is 1. The van der Waals surface area contributed by atoms with Crippen LogP contribution in [0, 0.1) is 17.3 Å². The lowest BCUT2D eigenvalue weighted by atomic mass is 9.84. The molecule has 0 fully saturated rings. The number of rotatable bonds is 12. The predicted molar refractivity (Wildman–Crippen MR) is 109 cm³/mol. The van der Waals surface area contributed by atoms with Crippen LogP contribution >= 0.6 is 0 Å². The number of aliphatic carboxylic acids is 1. The molecule has 156 valence electrons. The van der Waals surface area contributed by atoms with E-state index in [0.717, 1.165) is 25.2 Å². The molecule has 0 amide bonds. The number of carbonyl (C=O) groups is 2. The Morgan fingerprint density at radius 1 is 0.923 bits per heavy atom. The van der Waals surface area contributed by atoms with Crippen molar-refractivity contribution in [2.75, 3.05) is 6.61 Å². The highest BCUT2D eigenvalue weighted by Gasteiger charge is 2.15. The van der Waals surface area contributed by atoms with E-state index in [4.69, 9.17) is 9.84 Å². The van der Waals surface area contributed by atoms with Crippen molar-refractivity contribution in [2.45, 2.75) is 106 Å². The molecule has 0 radical (unpaired) electrons. The third-order valence-corrected chi connectivity index (χ3v) is 4.05. The molecule has 0 rings (SSSR count). The summed E-state index contributed by atoms with van der Waals surface area (Å²) in [5.41, 5.74) is 0.371. The van der Waals surface area contributed by atoms with Gasteiger partial charge >= 0.3 is 11.9 Å². The molecule has 4 heteroatoms. The second-order valence-electron chi connectivity index (χ2n) is 9.09. The third kappa shape index (κ3) is 27.8. The first-order valence-electron chi connectivity index (χ1n) is 10.3. The predicted octanol–water partition coefficient (Wildman–Crippen LogP) is 6.47. The number of carboxylic acids is 1. The second kappa shape index (κ2) is 16.1. The first-order chi connectivity index (χ1) is 11.9. The maximum atomic E-state index is 10.5. The number of unbranched alkanes of at least 4 members (excludes halogenated alkanes) is 4. The van der Waals surface area contributed by atoms with Gasteiger partial charge in [0, 0.05) is 13.3 Å². The van der Waals surface area contributed by atoms with E-state index in [0.29, 0.717) is 24.4 Å². The minimum absolute atomic E-state index is 0.178.